The lowest BCUT2D eigenvalue weighted by molar-refractivity contribution is -0.388. The van der Waals surface area contributed by atoms with Crippen molar-refractivity contribution < 1.29 is 22.9 Å². The number of carbonyl (C=O) groups excluding carboxylic acids is 1. The molecule has 4 rings (SSSR count). The molecule has 0 unspecified atom stereocenters. The average Bonchev–Trinajstić information content (AvgIpc) is 3.33. The first-order valence-corrected chi connectivity index (χ1v) is 12.8. The van der Waals surface area contributed by atoms with Gasteiger partial charge in [0.05, 0.1) is 4.92 Å². The molecule has 2 heterocycles. The summed E-state index contributed by atoms with van der Waals surface area (Å²) in [5.41, 5.74) is 0.430. The lowest BCUT2D eigenvalue weighted by Gasteiger charge is -2.33. The lowest BCUT2D eigenvalue weighted by Crippen LogP contribution is -2.34. The number of piperidine rings is 1. The van der Waals surface area contributed by atoms with E-state index >= 15 is 0 Å². The monoisotopic (exact) mass is 534 g/mol. The first-order chi connectivity index (χ1) is 17.6. The number of likely N-dealkylation sites (tertiary alicyclic amines) is 1. The average molecular weight is 535 g/mol. The Morgan fingerprint density at radius 3 is 2.39 bits per heavy atom. The van der Waals surface area contributed by atoms with Gasteiger partial charge in [-0.3, -0.25) is 14.9 Å². The van der Waals surface area contributed by atoms with Crippen LogP contribution < -0.4 is 10.2 Å². The summed E-state index contributed by atoms with van der Waals surface area (Å²) in [4.78, 5) is 26.8. The van der Waals surface area contributed by atoms with Crippen molar-refractivity contribution >= 4 is 23.0 Å². The number of hydrogen-bond acceptors (Lipinski definition) is 5. The number of nitro groups is 1. The molecule has 2 aliphatic heterocycles. The molecule has 2 aromatic rings. The predicted octanol–water partition coefficient (Wildman–Crippen LogP) is 6.66. The number of hydrogen-bond donors (Lipinski definition) is 1. The van der Waals surface area contributed by atoms with Crippen LogP contribution in [0, 0.1) is 23.0 Å². The van der Waals surface area contributed by atoms with Gasteiger partial charge in [0.2, 0.25) is 5.91 Å². The number of carbonyl (C=O) groups is 1. The van der Waals surface area contributed by atoms with Crippen molar-refractivity contribution in [2.24, 2.45) is 5.92 Å². The molecule has 2 saturated heterocycles. The van der Waals surface area contributed by atoms with Gasteiger partial charge >= 0.3 is 6.18 Å². The van der Waals surface area contributed by atoms with Crippen LogP contribution in [0.2, 0.25) is 0 Å². The smallest absolute Gasteiger partial charge is 0.380 e. The quantitative estimate of drug-likeness (QED) is 0.303. The van der Waals surface area contributed by atoms with Gasteiger partial charge in [0.1, 0.15) is 5.56 Å². The zero-order valence-electron chi connectivity index (χ0n) is 21.0. The summed E-state index contributed by atoms with van der Waals surface area (Å²) in [6.07, 6.45) is 0.350. The maximum atomic E-state index is 13.2. The van der Waals surface area contributed by atoms with E-state index in [9.17, 15) is 28.1 Å². The highest BCUT2D eigenvalue weighted by Crippen LogP contribution is 2.38. The summed E-state index contributed by atoms with van der Waals surface area (Å²) < 4.78 is 39.7. The van der Waals surface area contributed by atoms with E-state index in [4.69, 9.17) is 0 Å². The third-order valence-corrected chi connectivity index (χ3v) is 7.43. The van der Waals surface area contributed by atoms with Gasteiger partial charge < -0.3 is 15.1 Å². The molecular formula is C28H37F3N4O3. The number of halogens is 3. The maximum absolute atomic E-state index is 13.2. The summed E-state index contributed by atoms with van der Waals surface area (Å²) in [6, 6.07) is 11.3. The van der Waals surface area contributed by atoms with E-state index in [0.29, 0.717) is 31.8 Å². The van der Waals surface area contributed by atoms with Crippen LogP contribution in [-0.4, -0.2) is 48.0 Å². The van der Waals surface area contributed by atoms with Crippen molar-refractivity contribution in [1.82, 2.24) is 4.90 Å². The molecule has 208 valence electrons. The zero-order valence-corrected chi connectivity index (χ0v) is 21.0. The second kappa shape index (κ2) is 12.5. The molecular weight excluding hydrogens is 497 g/mol. The minimum absolute atomic E-state index is 0. The van der Waals surface area contributed by atoms with Crippen molar-refractivity contribution in [2.45, 2.75) is 65.1 Å². The SMILES string of the molecule is C.Cc1ccc(N2CCC(CCCC(=O)N3CC[C@@H](Nc4ccc([N+](=O)[O-])c(C(F)(F)F)c4)C3)CC2)cc1. The minimum Gasteiger partial charge on any atom is -0.380 e. The molecule has 0 aromatic heterocycles. The number of nitro benzene ring substituents is 1. The fraction of sp³-hybridized carbons (Fsp3) is 0.536. The summed E-state index contributed by atoms with van der Waals surface area (Å²) in [6.45, 7) is 5.10. The first kappa shape index (κ1) is 29.3. The Balaban J connectivity index is 0.00000400. The molecule has 7 nitrogen and oxygen atoms in total. The second-order valence-corrected chi connectivity index (χ2v) is 10.1. The normalized spacial score (nSPS) is 18.3. The van der Waals surface area contributed by atoms with Crippen LogP contribution in [0.5, 0.6) is 0 Å². The Morgan fingerprint density at radius 2 is 1.76 bits per heavy atom. The molecule has 2 fully saturated rings. The minimum atomic E-state index is -4.82. The number of amides is 1. The number of nitrogens with one attached hydrogen (secondary N) is 1. The van der Waals surface area contributed by atoms with Gasteiger partial charge in [-0.25, -0.2) is 0 Å². The number of rotatable bonds is 8. The molecule has 0 bridgehead atoms. The molecule has 0 saturated carbocycles. The van der Waals surface area contributed by atoms with Crippen LogP contribution >= 0.6 is 0 Å². The van der Waals surface area contributed by atoms with Crippen LogP contribution in [0.25, 0.3) is 0 Å². The zero-order chi connectivity index (χ0) is 26.6. The highest BCUT2D eigenvalue weighted by Gasteiger charge is 2.38. The lowest BCUT2D eigenvalue weighted by atomic mass is 9.91. The second-order valence-electron chi connectivity index (χ2n) is 10.1. The van der Waals surface area contributed by atoms with Crippen molar-refractivity contribution in [3.63, 3.8) is 0 Å². The summed E-state index contributed by atoms with van der Waals surface area (Å²) in [7, 11) is 0. The number of benzene rings is 2. The number of nitrogens with zero attached hydrogens (tertiary/aromatic N) is 3. The Morgan fingerprint density at radius 1 is 1.08 bits per heavy atom. The van der Waals surface area contributed by atoms with Gasteiger partial charge in [0, 0.05) is 56.1 Å². The van der Waals surface area contributed by atoms with Gasteiger partial charge in [-0.15, -0.1) is 0 Å². The molecule has 10 heteroatoms. The van der Waals surface area contributed by atoms with E-state index in [2.05, 4.69) is 41.4 Å². The Hall–Kier alpha value is -3.30. The molecule has 2 aromatic carbocycles. The van der Waals surface area contributed by atoms with E-state index < -0.39 is 22.4 Å². The van der Waals surface area contributed by atoms with Gasteiger partial charge in [0.15, 0.2) is 0 Å². The van der Waals surface area contributed by atoms with Gasteiger partial charge in [-0.05, 0) is 69.2 Å². The van der Waals surface area contributed by atoms with Crippen LogP contribution in [0.4, 0.5) is 30.2 Å². The molecule has 1 amide bonds. The molecule has 1 N–H and O–H groups in total. The van der Waals surface area contributed by atoms with Crippen molar-refractivity contribution in [3.05, 3.63) is 63.7 Å². The largest absolute Gasteiger partial charge is 0.423 e. The van der Waals surface area contributed by atoms with Crippen molar-refractivity contribution in [3.8, 4) is 0 Å². The van der Waals surface area contributed by atoms with Gasteiger partial charge in [0.25, 0.3) is 5.69 Å². The summed E-state index contributed by atoms with van der Waals surface area (Å²) in [5.74, 6) is 0.688. The van der Waals surface area contributed by atoms with Crippen molar-refractivity contribution in [1.29, 1.82) is 0 Å². The van der Waals surface area contributed by atoms with E-state index in [-0.39, 0.29) is 25.1 Å². The highest BCUT2D eigenvalue weighted by atomic mass is 19.4. The van der Waals surface area contributed by atoms with Crippen LogP contribution in [-0.2, 0) is 11.0 Å². The number of aryl methyl sites for hydroxylation is 1. The summed E-state index contributed by atoms with van der Waals surface area (Å²) >= 11 is 0. The van der Waals surface area contributed by atoms with Gasteiger partial charge in [-0.1, -0.05) is 25.1 Å². The predicted molar refractivity (Wildman–Crippen MR) is 143 cm³/mol. The van der Waals surface area contributed by atoms with Crippen molar-refractivity contribution in [2.75, 3.05) is 36.4 Å². The van der Waals surface area contributed by atoms with Crippen LogP contribution in [0.1, 0.15) is 57.1 Å². The van der Waals surface area contributed by atoms with E-state index in [1.807, 2.05) is 0 Å². The summed E-state index contributed by atoms with van der Waals surface area (Å²) in [5, 5.41) is 14.0. The Kier molecular flexibility index (Phi) is 9.62. The highest BCUT2D eigenvalue weighted by molar-refractivity contribution is 5.76. The third-order valence-electron chi connectivity index (χ3n) is 7.43. The van der Waals surface area contributed by atoms with E-state index in [1.165, 1.54) is 17.3 Å². The third kappa shape index (κ3) is 7.39. The molecule has 0 aliphatic carbocycles. The molecule has 1 atom stereocenters. The fourth-order valence-electron chi connectivity index (χ4n) is 5.29. The number of alkyl halides is 3. The standard InChI is InChI=1S/C27H33F3N4O3.CH4/c1-19-5-8-23(9-6-19)32-14-11-20(12-15-32)3-2-4-26(35)33-16-13-22(18-33)31-21-7-10-25(34(36)37)24(17-21)27(28,29)30;/h5-10,17,20,22,31H,2-4,11-16,18H2,1H3;1H4/t22-;/m1./s1. The van der Waals surface area contributed by atoms with E-state index in [1.54, 1.807) is 4.90 Å². The van der Waals surface area contributed by atoms with E-state index in [0.717, 1.165) is 50.9 Å². The molecule has 0 radical (unpaired) electrons. The molecule has 38 heavy (non-hydrogen) atoms. The first-order valence-electron chi connectivity index (χ1n) is 12.8. The van der Waals surface area contributed by atoms with Gasteiger partial charge in [-0.2, -0.15) is 13.2 Å². The molecule has 0 spiro atoms. The fourth-order valence-corrected chi connectivity index (χ4v) is 5.29. The topological polar surface area (TPSA) is 78.7 Å². The van der Waals surface area contributed by atoms with Crippen LogP contribution in [0.15, 0.2) is 42.5 Å². The molecule has 2 aliphatic rings. The Labute approximate surface area is 222 Å². The Bertz CT molecular complexity index is 1100. The maximum Gasteiger partial charge on any atom is 0.423 e. The number of anilines is 2. The van der Waals surface area contributed by atoms with Crippen LogP contribution in [0.3, 0.4) is 0 Å².